The largest absolute Gasteiger partial charge is 0.349 e. The first-order chi connectivity index (χ1) is 7.90. The van der Waals surface area contributed by atoms with E-state index in [1.807, 2.05) is 0 Å². The van der Waals surface area contributed by atoms with Gasteiger partial charge in [0.2, 0.25) is 5.91 Å². The third-order valence-electron chi connectivity index (χ3n) is 4.66. The van der Waals surface area contributed by atoms with Gasteiger partial charge in [-0.15, -0.1) is 0 Å². The van der Waals surface area contributed by atoms with E-state index in [0.29, 0.717) is 19.3 Å². The zero-order valence-electron chi connectivity index (χ0n) is 9.06. The molecule has 0 spiro atoms. The number of alkyl halides is 4. The molecule has 1 saturated heterocycles. The Balaban J connectivity index is 1.97. The second-order valence-corrected chi connectivity index (χ2v) is 10.2. The third-order valence-corrected chi connectivity index (χ3v) is 9.93. The highest BCUT2D eigenvalue weighted by molar-refractivity contribution is 9.12. The number of amides is 1. The van der Waals surface area contributed by atoms with Gasteiger partial charge in [0.05, 0.1) is 11.0 Å². The van der Waals surface area contributed by atoms with Crippen molar-refractivity contribution in [3.63, 3.8) is 0 Å². The van der Waals surface area contributed by atoms with Crippen LogP contribution in [0.3, 0.4) is 0 Å². The van der Waals surface area contributed by atoms with E-state index < -0.39 is 0 Å². The Kier molecular flexibility index (Phi) is 3.30. The third kappa shape index (κ3) is 1.69. The van der Waals surface area contributed by atoms with Crippen LogP contribution in [0.4, 0.5) is 0 Å². The average Bonchev–Trinajstić information content (AvgIpc) is 2.24. The van der Waals surface area contributed by atoms with Gasteiger partial charge in [-0.3, -0.25) is 4.79 Å². The molecule has 96 valence electrons. The van der Waals surface area contributed by atoms with Crippen LogP contribution >= 0.6 is 63.7 Å². The summed E-state index contributed by atoms with van der Waals surface area (Å²) in [6.45, 7) is 0. The van der Waals surface area contributed by atoms with Crippen LogP contribution in [0, 0.1) is 5.41 Å². The molecule has 0 aromatic heterocycles. The topological polar surface area (TPSA) is 29.1 Å². The van der Waals surface area contributed by atoms with E-state index in [1.54, 1.807) is 0 Å². The van der Waals surface area contributed by atoms with Crippen molar-refractivity contribution in [1.29, 1.82) is 0 Å². The van der Waals surface area contributed by atoms with Gasteiger partial charge in [-0.2, -0.15) is 0 Å². The van der Waals surface area contributed by atoms with Gasteiger partial charge >= 0.3 is 0 Å². The number of hydrogen-bond donors (Lipinski definition) is 1. The average molecular weight is 495 g/mol. The molecule has 0 aromatic rings. The normalized spacial score (nSPS) is 57.5. The minimum absolute atomic E-state index is 0.0148. The van der Waals surface area contributed by atoms with Gasteiger partial charge in [-0.05, 0) is 25.7 Å². The molecular weight excluding hydrogens is 482 g/mol. The first-order valence-corrected chi connectivity index (χ1v) is 9.45. The zero-order valence-corrected chi connectivity index (χ0v) is 15.4. The Morgan fingerprint density at radius 2 is 1.29 bits per heavy atom. The number of nitrogens with one attached hydrogen (secondary N) is 1. The number of hydrogen-bond acceptors (Lipinski definition) is 1. The molecule has 3 rings (SSSR count). The lowest BCUT2D eigenvalue weighted by Crippen LogP contribution is -2.82. The molecule has 4 atom stereocenters. The van der Waals surface area contributed by atoms with E-state index in [9.17, 15) is 4.79 Å². The highest BCUT2D eigenvalue weighted by Gasteiger charge is 2.71. The van der Waals surface area contributed by atoms with Crippen molar-refractivity contribution in [1.82, 2.24) is 5.32 Å². The fourth-order valence-corrected chi connectivity index (χ4v) is 6.65. The van der Waals surface area contributed by atoms with Gasteiger partial charge in [0, 0.05) is 19.3 Å². The Morgan fingerprint density at radius 1 is 0.882 bits per heavy atom. The Hall–Kier alpha value is 1.39. The Bertz CT molecular complexity index is 354. The molecular formula is C11H13Br4NO. The number of carbonyl (C=O) groups is 1. The van der Waals surface area contributed by atoms with Gasteiger partial charge in [0.1, 0.15) is 0 Å². The standard InChI is InChI=1S/C11H13Br4NO/c12-5-1-10-2-6(13)8(15)4-11(10,3-7(5)14)16-9(10)17/h5-8H,1-4H2,(H,16,17)/t5-,6-,7+,8+,10?,11?/m1/s1. The molecule has 0 aromatic carbocycles. The van der Waals surface area contributed by atoms with Gasteiger partial charge in [0.15, 0.2) is 0 Å². The van der Waals surface area contributed by atoms with Crippen molar-refractivity contribution in [2.75, 3.05) is 0 Å². The summed E-state index contributed by atoms with van der Waals surface area (Å²) in [4.78, 5) is 13.8. The van der Waals surface area contributed by atoms with Gasteiger partial charge < -0.3 is 5.32 Å². The number of β-lactam (4-membered cyclic amide) rings is 1. The molecule has 3 aliphatic rings. The predicted octanol–water partition coefficient (Wildman–Crippen LogP) is 3.48. The monoisotopic (exact) mass is 491 g/mol. The smallest absolute Gasteiger partial charge is 0.229 e. The molecule has 6 heteroatoms. The first-order valence-electron chi connectivity index (χ1n) is 5.79. The minimum Gasteiger partial charge on any atom is -0.349 e. The van der Waals surface area contributed by atoms with E-state index in [4.69, 9.17) is 0 Å². The van der Waals surface area contributed by atoms with Crippen molar-refractivity contribution in [3.05, 3.63) is 0 Å². The second kappa shape index (κ2) is 4.19. The van der Waals surface area contributed by atoms with Crippen LogP contribution in [0.2, 0.25) is 0 Å². The molecule has 0 radical (unpaired) electrons. The lowest BCUT2D eigenvalue weighted by molar-refractivity contribution is -0.167. The number of carbonyl (C=O) groups excluding carboxylic acids is 1. The number of halogens is 4. The fourth-order valence-electron chi connectivity index (χ4n) is 3.69. The van der Waals surface area contributed by atoms with Crippen molar-refractivity contribution >= 4 is 69.6 Å². The Labute approximate surface area is 135 Å². The predicted molar refractivity (Wildman–Crippen MR) is 82.6 cm³/mol. The highest BCUT2D eigenvalue weighted by atomic mass is 79.9. The maximum absolute atomic E-state index is 12.1. The number of rotatable bonds is 0. The van der Waals surface area contributed by atoms with E-state index in [1.165, 1.54) is 0 Å². The van der Waals surface area contributed by atoms with Crippen LogP contribution in [0.25, 0.3) is 0 Å². The van der Waals surface area contributed by atoms with Crippen LogP contribution in [0.1, 0.15) is 25.7 Å². The zero-order chi connectivity index (χ0) is 12.4. The molecule has 17 heavy (non-hydrogen) atoms. The van der Waals surface area contributed by atoms with Crippen molar-refractivity contribution < 1.29 is 4.79 Å². The fraction of sp³-hybridized carbons (Fsp3) is 0.909. The highest BCUT2D eigenvalue weighted by Crippen LogP contribution is 2.62. The molecule has 0 unspecified atom stereocenters. The quantitative estimate of drug-likeness (QED) is 0.405. The maximum atomic E-state index is 12.1. The van der Waals surface area contributed by atoms with E-state index in [2.05, 4.69) is 69.0 Å². The van der Waals surface area contributed by atoms with Crippen LogP contribution in [-0.2, 0) is 4.79 Å². The van der Waals surface area contributed by atoms with Crippen molar-refractivity contribution in [2.45, 2.75) is 50.5 Å². The molecule has 2 nitrogen and oxygen atoms in total. The molecule has 1 amide bonds. The van der Waals surface area contributed by atoms with Crippen LogP contribution in [0.5, 0.6) is 0 Å². The van der Waals surface area contributed by atoms with Crippen LogP contribution < -0.4 is 5.32 Å². The Morgan fingerprint density at radius 3 is 1.71 bits per heavy atom. The SMILES string of the molecule is O=C1NC23C[C@H](Br)[C@H](Br)CC12C[C@@H](Br)[C@@H](Br)C3. The minimum atomic E-state index is -0.149. The molecule has 3 fully saturated rings. The van der Waals surface area contributed by atoms with E-state index in [0.717, 1.165) is 25.7 Å². The molecule has 2 saturated carbocycles. The summed E-state index contributed by atoms with van der Waals surface area (Å²) >= 11 is 14.9. The molecule has 1 heterocycles. The van der Waals surface area contributed by atoms with Gasteiger partial charge in [-0.1, -0.05) is 63.7 Å². The van der Waals surface area contributed by atoms with Crippen LogP contribution in [0.15, 0.2) is 0 Å². The molecule has 0 bridgehead atoms. The molecule has 1 aliphatic heterocycles. The maximum Gasteiger partial charge on any atom is 0.229 e. The van der Waals surface area contributed by atoms with Gasteiger partial charge in [-0.25, -0.2) is 0 Å². The summed E-state index contributed by atoms with van der Waals surface area (Å²) in [5.41, 5.74) is -0.134. The molecule has 2 aliphatic carbocycles. The summed E-state index contributed by atoms with van der Waals surface area (Å²) in [7, 11) is 0. The van der Waals surface area contributed by atoms with E-state index in [-0.39, 0.29) is 16.9 Å². The lowest BCUT2D eigenvalue weighted by atomic mass is 9.49. The summed E-state index contributed by atoms with van der Waals surface area (Å²) < 4.78 is 0. The summed E-state index contributed by atoms with van der Waals surface area (Å²) in [5.74, 6) is 0.255. The first kappa shape index (κ1) is 13.4. The summed E-state index contributed by atoms with van der Waals surface area (Å²) in [5, 5.41) is 3.21. The summed E-state index contributed by atoms with van der Waals surface area (Å²) in [6.07, 6.45) is 3.93. The van der Waals surface area contributed by atoms with Gasteiger partial charge in [0.25, 0.3) is 0 Å². The van der Waals surface area contributed by atoms with E-state index >= 15 is 0 Å². The molecule has 1 N–H and O–H groups in total. The summed E-state index contributed by atoms with van der Waals surface area (Å²) in [6, 6.07) is 0. The second-order valence-electron chi connectivity index (χ2n) is 5.50. The lowest BCUT2D eigenvalue weighted by Gasteiger charge is -2.67. The van der Waals surface area contributed by atoms with Crippen molar-refractivity contribution in [2.24, 2.45) is 5.41 Å². The van der Waals surface area contributed by atoms with Crippen molar-refractivity contribution in [3.8, 4) is 0 Å². The van der Waals surface area contributed by atoms with Crippen LogP contribution in [-0.4, -0.2) is 30.8 Å².